The number of furan rings is 1. The van der Waals surface area contributed by atoms with E-state index >= 15 is 0 Å². The summed E-state index contributed by atoms with van der Waals surface area (Å²) in [5.74, 6) is -1.62. The first kappa shape index (κ1) is 25.3. The summed E-state index contributed by atoms with van der Waals surface area (Å²) in [6.45, 7) is -0.511. The van der Waals surface area contributed by atoms with E-state index in [1.165, 1.54) is 25.3 Å². The maximum atomic E-state index is 12.8. The Hall–Kier alpha value is -4.77. The summed E-state index contributed by atoms with van der Waals surface area (Å²) in [6.07, 6.45) is 1.44. The zero-order valence-corrected chi connectivity index (χ0v) is 20.1. The highest BCUT2D eigenvalue weighted by molar-refractivity contribution is 6.30. The molecule has 0 bridgehead atoms. The molecular formula is C25H20ClN3O8. The number of urea groups is 1. The van der Waals surface area contributed by atoms with E-state index < -0.39 is 30.4 Å². The highest BCUT2D eigenvalue weighted by Crippen LogP contribution is 2.30. The molecule has 1 saturated heterocycles. The van der Waals surface area contributed by atoms with Crippen molar-refractivity contribution in [3.63, 3.8) is 0 Å². The van der Waals surface area contributed by atoms with Gasteiger partial charge in [0.15, 0.2) is 11.5 Å². The van der Waals surface area contributed by atoms with Gasteiger partial charge in [-0.2, -0.15) is 0 Å². The van der Waals surface area contributed by atoms with E-state index in [9.17, 15) is 19.2 Å². The number of carbonyl (C=O) groups excluding carboxylic acids is 3. The molecular weight excluding hydrogens is 506 g/mol. The van der Waals surface area contributed by atoms with Crippen molar-refractivity contribution in [2.75, 3.05) is 19.0 Å². The van der Waals surface area contributed by atoms with Crippen LogP contribution in [-0.4, -0.2) is 47.5 Å². The first-order valence-electron chi connectivity index (χ1n) is 10.8. The number of carboxylic acid groups (broad SMARTS) is 1. The van der Waals surface area contributed by atoms with Gasteiger partial charge >= 0.3 is 12.0 Å². The minimum Gasteiger partial charge on any atom is -0.493 e. The topological polar surface area (TPSA) is 147 Å². The van der Waals surface area contributed by atoms with Crippen molar-refractivity contribution in [3.8, 4) is 11.5 Å². The SMILES string of the molecule is COc1cc(/C=C2\NC(=O)N(CC(=O)Nc3ccc(Cl)cc3)C2=O)ccc1OCc1ccc(C(=O)O)o1. The lowest BCUT2D eigenvalue weighted by atomic mass is 10.1. The number of carboxylic acids is 1. The van der Waals surface area contributed by atoms with Crippen LogP contribution in [0.25, 0.3) is 6.08 Å². The van der Waals surface area contributed by atoms with Crippen molar-refractivity contribution in [2.45, 2.75) is 6.61 Å². The number of halogens is 1. The number of nitrogens with zero attached hydrogens (tertiary/aromatic N) is 1. The molecule has 4 amide bonds. The number of anilines is 1. The quantitative estimate of drug-likeness (QED) is 0.282. The largest absolute Gasteiger partial charge is 0.493 e. The van der Waals surface area contributed by atoms with Crippen LogP contribution in [-0.2, 0) is 16.2 Å². The average Bonchev–Trinajstić information content (AvgIpc) is 3.45. The lowest BCUT2D eigenvalue weighted by Gasteiger charge is -2.12. The van der Waals surface area contributed by atoms with Crippen LogP contribution >= 0.6 is 11.6 Å². The highest BCUT2D eigenvalue weighted by Gasteiger charge is 2.35. The van der Waals surface area contributed by atoms with Gasteiger partial charge in [-0.25, -0.2) is 14.5 Å². The molecule has 3 N–H and O–H groups in total. The van der Waals surface area contributed by atoms with E-state index in [1.54, 1.807) is 42.5 Å². The first-order valence-corrected chi connectivity index (χ1v) is 11.1. The van der Waals surface area contributed by atoms with Crippen LogP contribution in [0.4, 0.5) is 10.5 Å². The number of imide groups is 1. The molecule has 0 aliphatic carbocycles. The van der Waals surface area contributed by atoms with Crippen molar-refractivity contribution in [1.82, 2.24) is 10.2 Å². The highest BCUT2D eigenvalue weighted by atomic mass is 35.5. The number of methoxy groups -OCH3 is 1. The number of rotatable bonds is 9. The molecule has 190 valence electrons. The smallest absolute Gasteiger partial charge is 0.371 e. The lowest BCUT2D eigenvalue weighted by molar-refractivity contribution is -0.127. The molecule has 12 heteroatoms. The van der Waals surface area contributed by atoms with E-state index in [2.05, 4.69) is 10.6 Å². The Balaban J connectivity index is 1.41. The second kappa shape index (κ2) is 10.9. The van der Waals surface area contributed by atoms with E-state index in [4.69, 9.17) is 30.6 Å². The fourth-order valence-electron chi connectivity index (χ4n) is 3.37. The number of carbonyl (C=O) groups is 4. The third-order valence-corrected chi connectivity index (χ3v) is 5.39. The van der Waals surface area contributed by atoms with Crippen LogP contribution in [0.1, 0.15) is 21.9 Å². The predicted molar refractivity (Wildman–Crippen MR) is 131 cm³/mol. The van der Waals surface area contributed by atoms with E-state index in [1.807, 2.05) is 0 Å². The van der Waals surface area contributed by atoms with Crippen molar-refractivity contribution in [2.24, 2.45) is 0 Å². The molecule has 0 spiro atoms. The predicted octanol–water partition coefficient (Wildman–Crippen LogP) is 3.75. The summed E-state index contributed by atoms with van der Waals surface area (Å²) >= 11 is 5.82. The van der Waals surface area contributed by atoms with Gasteiger partial charge in [-0.3, -0.25) is 9.59 Å². The normalized spacial score (nSPS) is 14.0. The molecule has 37 heavy (non-hydrogen) atoms. The Bertz CT molecular complexity index is 1400. The zero-order valence-electron chi connectivity index (χ0n) is 19.3. The van der Waals surface area contributed by atoms with Crippen LogP contribution in [0.15, 0.2) is 64.7 Å². The van der Waals surface area contributed by atoms with E-state index in [0.29, 0.717) is 33.5 Å². The first-order chi connectivity index (χ1) is 17.7. The van der Waals surface area contributed by atoms with Gasteiger partial charge in [0.05, 0.1) is 7.11 Å². The van der Waals surface area contributed by atoms with Crippen LogP contribution in [0, 0.1) is 0 Å². The molecule has 0 saturated carbocycles. The number of hydrogen-bond donors (Lipinski definition) is 3. The number of hydrogen-bond acceptors (Lipinski definition) is 7. The summed E-state index contributed by atoms with van der Waals surface area (Å²) in [5, 5.41) is 14.5. The molecule has 1 aromatic heterocycles. The molecule has 1 aliphatic heterocycles. The Labute approximate surface area is 215 Å². The maximum Gasteiger partial charge on any atom is 0.371 e. The molecule has 1 fully saturated rings. The number of amides is 4. The van der Waals surface area contributed by atoms with Gasteiger partial charge in [-0.05, 0) is 60.2 Å². The molecule has 0 atom stereocenters. The molecule has 2 aromatic carbocycles. The van der Waals surface area contributed by atoms with Crippen molar-refractivity contribution in [3.05, 3.63) is 82.4 Å². The van der Waals surface area contributed by atoms with Gasteiger partial charge in [0.1, 0.15) is 24.6 Å². The van der Waals surface area contributed by atoms with Crippen LogP contribution in [0.3, 0.4) is 0 Å². The molecule has 0 radical (unpaired) electrons. The van der Waals surface area contributed by atoms with Crippen molar-refractivity contribution < 1.29 is 38.2 Å². The third kappa shape index (κ3) is 6.08. The summed E-state index contributed by atoms with van der Waals surface area (Å²) in [5.41, 5.74) is 0.976. The fraction of sp³-hybridized carbons (Fsp3) is 0.120. The Morgan fingerprint density at radius 3 is 2.54 bits per heavy atom. The Kier molecular flexibility index (Phi) is 7.44. The van der Waals surface area contributed by atoms with Gasteiger partial charge in [0.25, 0.3) is 5.91 Å². The summed E-state index contributed by atoms with van der Waals surface area (Å²) in [6, 6.07) is 13.3. The average molecular weight is 526 g/mol. The minimum absolute atomic E-state index is 0.0169. The molecule has 11 nitrogen and oxygen atoms in total. The van der Waals surface area contributed by atoms with Crippen molar-refractivity contribution >= 4 is 47.2 Å². The number of aromatic carboxylic acids is 1. The summed E-state index contributed by atoms with van der Waals surface area (Å²) in [4.78, 5) is 49.1. The molecule has 4 rings (SSSR count). The fourth-order valence-corrected chi connectivity index (χ4v) is 3.50. The Morgan fingerprint density at radius 2 is 1.86 bits per heavy atom. The number of nitrogens with one attached hydrogen (secondary N) is 2. The second-order valence-electron chi connectivity index (χ2n) is 7.70. The molecule has 2 heterocycles. The number of benzene rings is 2. The van der Waals surface area contributed by atoms with Gasteiger partial charge in [0, 0.05) is 10.7 Å². The van der Waals surface area contributed by atoms with Crippen LogP contribution in [0.5, 0.6) is 11.5 Å². The number of ether oxygens (including phenoxy) is 2. The Morgan fingerprint density at radius 1 is 1.11 bits per heavy atom. The van der Waals surface area contributed by atoms with E-state index in [0.717, 1.165) is 4.90 Å². The minimum atomic E-state index is -1.18. The summed E-state index contributed by atoms with van der Waals surface area (Å²) < 4.78 is 16.2. The van der Waals surface area contributed by atoms with Gasteiger partial charge < -0.3 is 29.6 Å². The standard InChI is InChI=1S/C25H20ClN3O8/c1-35-21-11-14(2-8-19(21)36-13-17-7-9-20(37-17)24(32)33)10-18-23(31)29(25(34)28-18)12-22(30)27-16-5-3-15(26)4-6-16/h2-11H,12-13H2,1H3,(H,27,30)(H,28,34)(H,32,33)/b18-10-. The van der Waals surface area contributed by atoms with Crippen LogP contribution < -0.4 is 20.1 Å². The lowest BCUT2D eigenvalue weighted by Crippen LogP contribution is -2.38. The second-order valence-corrected chi connectivity index (χ2v) is 8.14. The zero-order chi connectivity index (χ0) is 26.5. The third-order valence-electron chi connectivity index (χ3n) is 5.13. The van der Waals surface area contributed by atoms with Gasteiger partial charge in [-0.1, -0.05) is 17.7 Å². The monoisotopic (exact) mass is 525 g/mol. The molecule has 3 aromatic rings. The summed E-state index contributed by atoms with van der Waals surface area (Å²) in [7, 11) is 1.43. The van der Waals surface area contributed by atoms with Gasteiger partial charge in [0.2, 0.25) is 11.7 Å². The maximum absolute atomic E-state index is 12.8. The van der Waals surface area contributed by atoms with Gasteiger partial charge in [-0.15, -0.1) is 0 Å². The van der Waals surface area contributed by atoms with Crippen LogP contribution in [0.2, 0.25) is 5.02 Å². The van der Waals surface area contributed by atoms with E-state index in [-0.39, 0.29) is 18.1 Å². The molecule has 1 aliphatic rings. The molecule has 0 unspecified atom stereocenters. The van der Waals surface area contributed by atoms with Crippen molar-refractivity contribution in [1.29, 1.82) is 0 Å².